The summed E-state index contributed by atoms with van der Waals surface area (Å²) in [6.45, 7) is 3.01. The fourth-order valence-electron chi connectivity index (χ4n) is 2.74. The van der Waals surface area contributed by atoms with E-state index >= 15 is 0 Å². The number of piperidine rings is 1. The highest BCUT2D eigenvalue weighted by Gasteiger charge is 2.37. The Morgan fingerprint density at radius 3 is 2.43 bits per heavy atom. The van der Waals surface area contributed by atoms with E-state index in [-0.39, 0.29) is 23.8 Å². The summed E-state index contributed by atoms with van der Waals surface area (Å²) in [5, 5.41) is 14.7. The zero-order chi connectivity index (χ0) is 15.4. The monoisotopic (exact) mass is 297 g/mol. The minimum Gasteiger partial charge on any atom is -0.480 e. The molecular formula is C14H23N3O4. The highest BCUT2D eigenvalue weighted by molar-refractivity contribution is 5.83. The Kier molecular flexibility index (Phi) is 5.03. The van der Waals surface area contributed by atoms with Crippen LogP contribution >= 0.6 is 0 Å². The highest BCUT2D eigenvalue weighted by atomic mass is 16.4. The van der Waals surface area contributed by atoms with Crippen molar-refractivity contribution in [3.63, 3.8) is 0 Å². The van der Waals surface area contributed by atoms with Gasteiger partial charge in [0.15, 0.2) is 0 Å². The summed E-state index contributed by atoms with van der Waals surface area (Å²) in [4.78, 5) is 36.2. The molecule has 1 saturated carbocycles. The number of likely N-dealkylation sites (tertiary alicyclic amines) is 1. The van der Waals surface area contributed by atoms with Crippen LogP contribution in [0.5, 0.6) is 0 Å². The summed E-state index contributed by atoms with van der Waals surface area (Å²) in [5.74, 6) is -0.810. The van der Waals surface area contributed by atoms with Crippen LogP contribution in [-0.4, -0.2) is 53.6 Å². The summed E-state index contributed by atoms with van der Waals surface area (Å²) in [6.07, 6.45) is 3.53. The molecule has 2 aliphatic rings. The van der Waals surface area contributed by atoms with Gasteiger partial charge in [-0.05, 0) is 31.6 Å². The SMILES string of the molecule is CC1CCCN(C(=O)NCCNC(=O)C2CC2)C1C(=O)O. The molecule has 2 unspecified atom stereocenters. The lowest BCUT2D eigenvalue weighted by Crippen LogP contribution is -2.55. The van der Waals surface area contributed by atoms with Crippen LogP contribution in [0.15, 0.2) is 0 Å². The van der Waals surface area contributed by atoms with Gasteiger partial charge in [-0.3, -0.25) is 4.79 Å². The van der Waals surface area contributed by atoms with Crippen molar-refractivity contribution >= 4 is 17.9 Å². The first-order valence-electron chi connectivity index (χ1n) is 7.55. The van der Waals surface area contributed by atoms with Gasteiger partial charge in [-0.1, -0.05) is 6.92 Å². The predicted octanol–water partition coefficient (Wildman–Crippen LogP) is 0.407. The van der Waals surface area contributed by atoms with E-state index in [0.29, 0.717) is 19.6 Å². The van der Waals surface area contributed by atoms with Crippen molar-refractivity contribution in [1.82, 2.24) is 15.5 Å². The third kappa shape index (κ3) is 4.09. The molecule has 2 fully saturated rings. The number of carboxylic acid groups (broad SMARTS) is 1. The Morgan fingerprint density at radius 1 is 1.14 bits per heavy atom. The molecule has 21 heavy (non-hydrogen) atoms. The van der Waals surface area contributed by atoms with Crippen molar-refractivity contribution < 1.29 is 19.5 Å². The summed E-state index contributed by atoms with van der Waals surface area (Å²) in [7, 11) is 0. The van der Waals surface area contributed by atoms with Crippen molar-refractivity contribution in [1.29, 1.82) is 0 Å². The Morgan fingerprint density at radius 2 is 1.81 bits per heavy atom. The lowest BCUT2D eigenvalue weighted by atomic mass is 9.91. The first-order valence-corrected chi connectivity index (χ1v) is 7.55. The summed E-state index contributed by atoms with van der Waals surface area (Å²) >= 11 is 0. The summed E-state index contributed by atoms with van der Waals surface area (Å²) < 4.78 is 0. The van der Waals surface area contributed by atoms with Gasteiger partial charge < -0.3 is 20.6 Å². The molecule has 7 nitrogen and oxygen atoms in total. The zero-order valence-electron chi connectivity index (χ0n) is 12.3. The first kappa shape index (κ1) is 15.6. The van der Waals surface area contributed by atoms with Gasteiger partial charge in [0.25, 0.3) is 0 Å². The number of amides is 3. The van der Waals surface area contributed by atoms with Crippen LogP contribution < -0.4 is 10.6 Å². The van der Waals surface area contributed by atoms with E-state index in [2.05, 4.69) is 10.6 Å². The van der Waals surface area contributed by atoms with Crippen molar-refractivity contribution in [2.75, 3.05) is 19.6 Å². The predicted molar refractivity (Wildman–Crippen MR) is 75.7 cm³/mol. The Bertz CT molecular complexity index is 422. The molecule has 7 heteroatoms. The molecular weight excluding hydrogens is 274 g/mol. The molecule has 3 N–H and O–H groups in total. The maximum atomic E-state index is 12.1. The van der Waals surface area contributed by atoms with Crippen molar-refractivity contribution in [2.45, 2.75) is 38.6 Å². The molecule has 2 atom stereocenters. The molecule has 1 aliphatic heterocycles. The fraction of sp³-hybridized carbons (Fsp3) is 0.786. The third-order valence-electron chi connectivity index (χ3n) is 4.10. The molecule has 0 aromatic carbocycles. The Balaban J connectivity index is 1.75. The minimum atomic E-state index is -0.959. The molecule has 118 valence electrons. The number of nitrogens with zero attached hydrogens (tertiary/aromatic N) is 1. The van der Waals surface area contributed by atoms with E-state index in [0.717, 1.165) is 25.7 Å². The fourth-order valence-corrected chi connectivity index (χ4v) is 2.74. The summed E-state index contributed by atoms with van der Waals surface area (Å²) in [6, 6.07) is -1.13. The van der Waals surface area contributed by atoms with Gasteiger partial charge in [0.05, 0.1) is 0 Å². The topological polar surface area (TPSA) is 98.7 Å². The maximum absolute atomic E-state index is 12.1. The highest BCUT2D eigenvalue weighted by Crippen LogP contribution is 2.28. The second-order valence-electron chi connectivity index (χ2n) is 5.89. The molecule has 0 spiro atoms. The molecule has 0 aromatic rings. The summed E-state index contributed by atoms with van der Waals surface area (Å²) in [5.41, 5.74) is 0. The van der Waals surface area contributed by atoms with Crippen LogP contribution in [0.3, 0.4) is 0 Å². The lowest BCUT2D eigenvalue weighted by molar-refractivity contribution is -0.145. The molecule has 2 rings (SSSR count). The molecule has 0 bridgehead atoms. The van der Waals surface area contributed by atoms with E-state index in [1.807, 2.05) is 6.92 Å². The quantitative estimate of drug-likeness (QED) is 0.640. The number of rotatable bonds is 5. The Hall–Kier alpha value is -1.79. The van der Waals surface area contributed by atoms with Crippen LogP contribution in [0.25, 0.3) is 0 Å². The number of carbonyl (C=O) groups is 3. The Labute approximate surface area is 124 Å². The van der Waals surface area contributed by atoms with E-state index < -0.39 is 12.0 Å². The number of hydrogen-bond acceptors (Lipinski definition) is 3. The number of carbonyl (C=O) groups excluding carboxylic acids is 2. The van der Waals surface area contributed by atoms with Gasteiger partial charge in [-0.2, -0.15) is 0 Å². The van der Waals surface area contributed by atoms with Crippen LogP contribution in [0.2, 0.25) is 0 Å². The number of carboxylic acids is 1. The molecule has 1 heterocycles. The van der Waals surface area contributed by atoms with Crippen LogP contribution in [0, 0.1) is 11.8 Å². The maximum Gasteiger partial charge on any atom is 0.326 e. The largest absolute Gasteiger partial charge is 0.480 e. The number of nitrogens with one attached hydrogen (secondary N) is 2. The average molecular weight is 297 g/mol. The number of hydrogen-bond donors (Lipinski definition) is 3. The van der Waals surface area contributed by atoms with Gasteiger partial charge in [0.2, 0.25) is 5.91 Å². The zero-order valence-corrected chi connectivity index (χ0v) is 12.3. The number of aliphatic carboxylic acids is 1. The van der Waals surface area contributed by atoms with Gasteiger partial charge >= 0.3 is 12.0 Å². The molecule has 3 amide bonds. The number of urea groups is 1. The molecule has 1 saturated heterocycles. The van der Waals surface area contributed by atoms with Crippen molar-refractivity contribution in [3.05, 3.63) is 0 Å². The van der Waals surface area contributed by atoms with Gasteiger partial charge in [-0.25, -0.2) is 9.59 Å². The van der Waals surface area contributed by atoms with Crippen LogP contribution in [0.4, 0.5) is 4.79 Å². The average Bonchev–Trinajstić information content (AvgIpc) is 3.26. The first-order chi connectivity index (χ1) is 10.0. The molecule has 0 aromatic heterocycles. The van der Waals surface area contributed by atoms with Gasteiger partial charge in [-0.15, -0.1) is 0 Å². The van der Waals surface area contributed by atoms with Crippen LogP contribution in [-0.2, 0) is 9.59 Å². The van der Waals surface area contributed by atoms with E-state index in [4.69, 9.17) is 0 Å². The lowest BCUT2D eigenvalue weighted by Gasteiger charge is -2.37. The second-order valence-corrected chi connectivity index (χ2v) is 5.89. The molecule has 1 aliphatic carbocycles. The minimum absolute atomic E-state index is 0.0410. The third-order valence-corrected chi connectivity index (χ3v) is 4.10. The van der Waals surface area contributed by atoms with Gasteiger partial charge in [0.1, 0.15) is 6.04 Å². The van der Waals surface area contributed by atoms with E-state index in [1.54, 1.807) is 0 Å². The van der Waals surface area contributed by atoms with Crippen LogP contribution in [0.1, 0.15) is 32.6 Å². The smallest absolute Gasteiger partial charge is 0.326 e. The standard InChI is InChI=1S/C14H23N3O4/c1-9-3-2-8-17(11(9)13(19)20)14(21)16-7-6-15-12(18)10-4-5-10/h9-11H,2-8H2,1H3,(H,15,18)(H,16,21)(H,19,20). The van der Waals surface area contributed by atoms with Crippen molar-refractivity contribution in [2.24, 2.45) is 11.8 Å². The van der Waals surface area contributed by atoms with E-state index in [1.165, 1.54) is 4.90 Å². The second kappa shape index (κ2) is 6.78. The molecule has 0 radical (unpaired) electrons. The van der Waals surface area contributed by atoms with E-state index in [9.17, 15) is 19.5 Å². The van der Waals surface area contributed by atoms with Gasteiger partial charge in [0, 0.05) is 25.6 Å². The van der Waals surface area contributed by atoms with Crippen molar-refractivity contribution in [3.8, 4) is 0 Å². The normalized spacial score (nSPS) is 25.3.